The normalized spacial score (nSPS) is 13.0. The van der Waals surface area contributed by atoms with Gasteiger partial charge in [-0.3, -0.25) is 0 Å². The van der Waals surface area contributed by atoms with E-state index in [0.29, 0.717) is 0 Å². The van der Waals surface area contributed by atoms with Crippen molar-refractivity contribution in [2.75, 3.05) is 13.3 Å². The molecule has 0 fully saturated rings. The van der Waals surface area contributed by atoms with Gasteiger partial charge >= 0.3 is 0 Å². The minimum atomic E-state index is -1.81. The highest BCUT2D eigenvalue weighted by Gasteiger charge is 2.44. The monoisotopic (exact) mass is 429 g/mol. The minimum absolute atomic E-state index is 0.133. The molecule has 0 aliphatic heterocycles. The van der Waals surface area contributed by atoms with Crippen LogP contribution in [0.4, 0.5) is 0 Å². The third kappa shape index (κ3) is 5.82. The van der Waals surface area contributed by atoms with E-state index < -0.39 is 7.26 Å². The Kier molecular flexibility index (Phi) is 8.02. The summed E-state index contributed by atoms with van der Waals surface area (Å²) in [6, 6.07) is 33.1. The lowest BCUT2D eigenvalue weighted by molar-refractivity contribution is 0.0255. The van der Waals surface area contributed by atoms with Gasteiger partial charge in [0, 0.05) is 7.11 Å². The van der Waals surface area contributed by atoms with Crippen LogP contribution < -0.4 is 15.9 Å². The molecule has 0 unspecified atom stereocenters. The highest BCUT2D eigenvalue weighted by atomic mass is 31.2. The van der Waals surface area contributed by atoms with Gasteiger partial charge in [-0.1, -0.05) is 72.3 Å². The highest BCUT2D eigenvalue weighted by Crippen LogP contribution is 2.55. The quantitative estimate of drug-likeness (QED) is 0.287. The van der Waals surface area contributed by atoms with Gasteiger partial charge in [-0.05, 0) is 69.7 Å². The Balaban J connectivity index is 2.05. The second-order valence-corrected chi connectivity index (χ2v) is 12.1. The lowest BCUT2D eigenvalue weighted by Gasteiger charge is -2.26. The van der Waals surface area contributed by atoms with Crippen LogP contribution in [0.15, 0.2) is 115 Å². The first-order valence-electron chi connectivity index (χ1n) is 10.9. The summed E-state index contributed by atoms with van der Waals surface area (Å²) >= 11 is 0. The average Bonchev–Trinajstić information content (AvgIpc) is 2.81. The molecule has 3 rings (SSSR count). The standard InChI is InChI=1S/C29H34OP/c1-25(15-14-23-29(2,3)30-4)22-24-31(26-16-8-5-9-17-26,27-18-10-6-11-19-27)28-20-12-7-13-21-28/h5-22H,23-24H2,1-4H3/q+1. The summed E-state index contributed by atoms with van der Waals surface area (Å²) in [4.78, 5) is 0. The van der Waals surface area contributed by atoms with Gasteiger partial charge in [0.2, 0.25) is 0 Å². The van der Waals surface area contributed by atoms with Crippen molar-refractivity contribution in [3.05, 3.63) is 115 Å². The Morgan fingerprint density at radius 3 is 1.58 bits per heavy atom. The lowest BCUT2D eigenvalue weighted by Crippen LogP contribution is -2.33. The van der Waals surface area contributed by atoms with Crippen molar-refractivity contribution in [2.24, 2.45) is 0 Å². The SMILES string of the molecule is COC(C)(C)CC=CC(C)=CC[P+](c1ccccc1)(c1ccccc1)c1ccccc1. The molecule has 0 saturated heterocycles. The van der Waals surface area contributed by atoms with Gasteiger partial charge in [-0.15, -0.1) is 0 Å². The number of ether oxygens (including phenoxy) is 1. The van der Waals surface area contributed by atoms with Gasteiger partial charge in [-0.25, -0.2) is 0 Å². The van der Waals surface area contributed by atoms with Crippen molar-refractivity contribution in [2.45, 2.75) is 32.8 Å². The highest BCUT2D eigenvalue weighted by molar-refractivity contribution is 7.95. The first kappa shape index (κ1) is 23.2. The molecule has 0 atom stereocenters. The molecule has 3 aromatic carbocycles. The second-order valence-electron chi connectivity index (χ2n) is 8.52. The lowest BCUT2D eigenvalue weighted by atomic mass is 10.0. The largest absolute Gasteiger partial charge is 0.378 e. The Morgan fingerprint density at radius 1 is 0.774 bits per heavy atom. The van der Waals surface area contributed by atoms with E-state index >= 15 is 0 Å². The topological polar surface area (TPSA) is 9.23 Å². The van der Waals surface area contributed by atoms with E-state index in [0.717, 1.165) is 12.6 Å². The fourth-order valence-corrected chi connectivity index (χ4v) is 7.90. The number of rotatable bonds is 9. The Bertz CT molecular complexity index is 892. The summed E-state index contributed by atoms with van der Waals surface area (Å²) in [6.07, 6.45) is 8.76. The van der Waals surface area contributed by atoms with Gasteiger partial charge < -0.3 is 4.74 Å². The third-order valence-corrected chi connectivity index (χ3v) is 10.1. The number of allylic oxidation sites excluding steroid dienone is 3. The summed E-state index contributed by atoms with van der Waals surface area (Å²) in [5, 5.41) is 4.25. The van der Waals surface area contributed by atoms with Crippen molar-refractivity contribution in [3.8, 4) is 0 Å². The molecule has 2 heteroatoms. The van der Waals surface area contributed by atoms with Crippen LogP contribution in [0.3, 0.4) is 0 Å². The summed E-state index contributed by atoms with van der Waals surface area (Å²) < 4.78 is 5.54. The zero-order chi connectivity index (χ0) is 22.2. The van der Waals surface area contributed by atoms with Crippen LogP contribution >= 0.6 is 7.26 Å². The molecule has 3 aromatic rings. The molecule has 160 valence electrons. The van der Waals surface area contributed by atoms with Crippen LogP contribution in [-0.2, 0) is 4.74 Å². The van der Waals surface area contributed by atoms with Crippen LogP contribution in [0.2, 0.25) is 0 Å². The van der Waals surface area contributed by atoms with E-state index in [1.807, 2.05) is 0 Å². The van der Waals surface area contributed by atoms with Crippen LogP contribution in [0.5, 0.6) is 0 Å². The minimum Gasteiger partial charge on any atom is -0.378 e. The summed E-state index contributed by atoms with van der Waals surface area (Å²) in [5.41, 5.74) is 1.16. The predicted molar refractivity (Wildman–Crippen MR) is 139 cm³/mol. The van der Waals surface area contributed by atoms with Crippen LogP contribution in [0, 0.1) is 0 Å². The predicted octanol–water partition coefficient (Wildman–Crippen LogP) is 6.30. The fraction of sp³-hybridized carbons (Fsp3) is 0.241. The maximum atomic E-state index is 5.54. The maximum Gasteiger partial charge on any atom is 0.115 e. The fourth-order valence-electron chi connectivity index (χ4n) is 3.77. The number of hydrogen-bond acceptors (Lipinski definition) is 1. The van der Waals surface area contributed by atoms with Gasteiger partial charge in [0.15, 0.2) is 0 Å². The first-order chi connectivity index (χ1) is 15.0. The van der Waals surface area contributed by atoms with Crippen molar-refractivity contribution in [3.63, 3.8) is 0 Å². The molecule has 0 aliphatic rings. The number of benzene rings is 3. The van der Waals surface area contributed by atoms with Crippen molar-refractivity contribution in [1.82, 2.24) is 0 Å². The summed E-state index contributed by atoms with van der Waals surface area (Å²) in [7, 11) is -0.0398. The van der Waals surface area contributed by atoms with Gasteiger partial charge in [-0.2, -0.15) is 0 Å². The van der Waals surface area contributed by atoms with Crippen molar-refractivity contribution < 1.29 is 4.74 Å². The molecular formula is C29H34OP+. The Morgan fingerprint density at radius 2 is 1.19 bits per heavy atom. The number of hydrogen-bond donors (Lipinski definition) is 0. The number of methoxy groups -OCH3 is 1. The average molecular weight is 430 g/mol. The third-order valence-electron chi connectivity index (χ3n) is 5.82. The van der Waals surface area contributed by atoms with E-state index in [4.69, 9.17) is 4.74 Å². The van der Waals surface area contributed by atoms with E-state index in [-0.39, 0.29) is 5.60 Å². The molecule has 0 saturated carbocycles. The Hall–Kier alpha value is -2.47. The van der Waals surface area contributed by atoms with Crippen molar-refractivity contribution >= 4 is 23.2 Å². The Labute approximate surface area is 188 Å². The molecule has 0 aliphatic carbocycles. The van der Waals surface area contributed by atoms with Gasteiger partial charge in [0.25, 0.3) is 0 Å². The molecule has 0 heterocycles. The molecule has 0 bridgehead atoms. The first-order valence-corrected chi connectivity index (χ1v) is 12.9. The van der Waals surface area contributed by atoms with Crippen LogP contribution in [0.25, 0.3) is 0 Å². The van der Waals surface area contributed by atoms with Gasteiger partial charge in [0.05, 0.1) is 11.8 Å². The second kappa shape index (κ2) is 10.7. The smallest absolute Gasteiger partial charge is 0.115 e. The summed E-state index contributed by atoms with van der Waals surface area (Å²) in [5.74, 6) is 0. The molecule has 0 amide bonds. The summed E-state index contributed by atoms with van der Waals surface area (Å²) in [6.45, 7) is 6.44. The molecule has 1 nitrogen and oxygen atoms in total. The van der Waals surface area contributed by atoms with Gasteiger partial charge in [0.1, 0.15) is 23.2 Å². The molecule has 0 N–H and O–H groups in total. The molecule has 0 aromatic heterocycles. The van der Waals surface area contributed by atoms with E-state index in [1.54, 1.807) is 7.11 Å². The molecule has 0 radical (unpaired) electrons. The van der Waals surface area contributed by atoms with E-state index in [1.165, 1.54) is 21.5 Å². The molecule has 31 heavy (non-hydrogen) atoms. The zero-order valence-electron chi connectivity index (χ0n) is 19.2. The molecular weight excluding hydrogens is 395 g/mol. The zero-order valence-corrected chi connectivity index (χ0v) is 20.1. The molecule has 0 spiro atoms. The van der Waals surface area contributed by atoms with E-state index in [9.17, 15) is 0 Å². The van der Waals surface area contributed by atoms with E-state index in [2.05, 4.69) is 130 Å². The van der Waals surface area contributed by atoms with Crippen molar-refractivity contribution in [1.29, 1.82) is 0 Å². The maximum absolute atomic E-state index is 5.54. The van der Waals surface area contributed by atoms with Crippen LogP contribution in [-0.4, -0.2) is 18.9 Å². The van der Waals surface area contributed by atoms with Crippen LogP contribution in [0.1, 0.15) is 27.2 Å².